The normalized spacial score (nSPS) is 23.2. The number of nitrogens with two attached hydrogens (primary N) is 1. The molecule has 184 valence electrons. The van der Waals surface area contributed by atoms with Gasteiger partial charge in [-0.25, -0.2) is 4.98 Å². The van der Waals surface area contributed by atoms with E-state index in [1.54, 1.807) is 11.1 Å². The van der Waals surface area contributed by atoms with Gasteiger partial charge in [-0.15, -0.1) is 0 Å². The number of hydrogen-bond acceptors (Lipinski definition) is 7. The first-order valence-electron chi connectivity index (χ1n) is 11.0. The summed E-state index contributed by atoms with van der Waals surface area (Å²) in [6.07, 6.45) is -0.952. The quantitative estimate of drug-likeness (QED) is 0.485. The molecule has 2 aromatic rings. The van der Waals surface area contributed by atoms with Gasteiger partial charge in [0.15, 0.2) is 5.13 Å². The van der Waals surface area contributed by atoms with Crippen molar-refractivity contribution >= 4 is 28.3 Å². The molecule has 12 heteroatoms. The molecule has 0 atom stereocenters. The van der Waals surface area contributed by atoms with E-state index in [-0.39, 0.29) is 30.1 Å². The van der Waals surface area contributed by atoms with Crippen molar-refractivity contribution in [1.29, 1.82) is 0 Å². The number of carbonyl (C=O) groups excluding carboxylic acids is 2. The number of nitrogens with one attached hydrogen (secondary N) is 2. The van der Waals surface area contributed by atoms with E-state index < -0.39 is 23.2 Å². The fourth-order valence-electron chi connectivity index (χ4n) is 4.47. The first-order valence-corrected chi connectivity index (χ1v) is 11.8. The Bertz CT molecular complexity index is 1050. The van der Waals surface area contributed by atoms with Crippen LogP contribution in [0.3, 0.4) is 0 Å². The number of anilines is 1. The van der Waals surface area contributed by atoms with Crippen LogP contribution in [0.1, 0.15) is 46.5 Å². The summed E-state index contributed by atoms with van der Waals surface area (Å²) in [5.41, 5.74) is 3.58. The summed E-state index contributed by atoms with van der Waals surface area (Å²) in [7, 11) is 0. The molecule has 2 fully saturated rings. The Morgan fingerprint density at radius 3 is 2.53 bits per heavy atom. The van der Waals surface area contributed by atoms with Gasteiger partial charge in [0.25, 0.3) is 5.91 Å². The molecule has 1 aromatic heterocycles. The Hall–Kier alpha value is -2.70. The number of hydrogen-bond donors (Lipinski definition) is 4. The van der Waals surface area contributed by atoms with E-state index in [4.69, 9.17) is 5.73 Å². The molecule has 5 N–H and O–H groups in total. The standard InChI is InChI=1S/C22H26F3N5O3S/c23-22(24,25)14-3-1-2-13(8-14)19(32)28-12-18(31)30(16-9-27-10-16)15-4-6-21(33,7-5-15)17-11-29-20(26)34-17/h1-3,8,11,15-16,27,33H,4-7,9-10,12H2,(H2,26,29)(H,28,32). The van der Waals surface area contributed by atoms with Gasteiger partial charge in [-0.2, -0.15) is 13.2 Å². The maximum atomic E-state index is 13.1. The molecule has 2 amide bonds. The van der Waals surface area contributed by atoms with E-state index in [1.807, 2.05) is 0 Å². The molecule has 1 aliphatic heterocycles. The Labute approximate surface area is 198 Å². The number of rotatable bonds is 6. The summed E-state index contributed by atoms with van der Waals surface area (Å²) in [5, 5.41) is 17.0. The van der Waals surface area contributed by atoms with E-state index in [1.165, 1.54) is 17.4 Å². The van der Waals surface area contributed by atoms with Crippen molar-refractivity contribution in [2.75, 3.05) is 25.4 Å². The van der Waals surface area contributed by atoms with Crippen LogP contribution in [-0.2, 0) is 16.6 Å². The zero-order chi connectivity index (χ0) is 24.5. The van der Waals surface area contributed by atoms with Crippen LogP contribution in [0.4, 0.5) is 18.3 Å². The molecule has 8 nitrogen and oxygen atoms in total. The molecule has 34 heavy (non-hydrogen) atoms. The van der Waals surface area contributed by atoms with Crippen LogP contribution in [-0.4, -0.2) is 58.5 Å². The highest BCUT2D eigenvalue weighted by atomic mass is 32.1. The average molecular weight is 498 g/mol. The van der Waals surface area contributed by atoms with Crippen molar-refractivity contribution < 1.29 is 27.9 Å². The molecule has 1 aromatic carbocycles. The van der Waals surface area contributed by atoms with Crippen LogP contribution in [0.15, 0.2) is 30.5 Å². The molecule has 1 saturated heterocycles. The number of nitrogen functional groups attached to an aromatic ring is 1. The second-order valence-corrected chi connectivity index (χ2v) is 9.76. The Morgan fingerprint density at radius 1 is 1.26 bits per heavy atom. The average Bonchev–Trinajstić information content (AvgIpc) is 3.22. The van der Waals surface area contributed by atoms with Crippen LogP contribution in [0.25, 0.3) is 0 Å². The minimum atomic E-state index is -4.56. The molecule has 1 aliphatic carbocycles. The van der Waals surface area contributed by atoms with Crippen LogP contribution in [0.2, 0.25) is 0 Å². The number of thiazole rings is 1. The largest absolute Gasteiger partial charge is 0.416 e. The molecule has 2 heterocycles. The van der Waals surface area contributed by atoms with Gasteiger partial charge in [-0.05, 0) is 43.9 Å². The SMILES string of the molecule is Nc1ncc(C2(O)CCC(N(C(=O)CNC(=O)c3cccc(C(F)(F)F)c3)C3CNC3)CC2)s1. The third-order valence-corrected chi connectivity index (χ3v) is 7.47. The smallest absolute Gasteiger partial charge is 0.384 e. The third-order valence-electron chi connectivity index (χ3n) is 6.45. The second-order valence-electron chi connectivity index (χ2n) is 8.70. The molecule has 0 unspecified atom stereocenters. The first kappa shape index (κ1) is 24.4. The first-order chi connectivity index (χ1) is 16.1. The number of benzene rings is 1. The summed E-state index contributed by atoms with van der Waals surface area (Å²) in [6, 6.07) is 3.94. The summed E-state index contributed by atoms with van der Waals surface area (Å²) < 4.78 is 38.8. The number of amides is 2. The molecule has 4 rings (SSSR count). The van der Waals surface area contributed by atoms with Crippen LogP contribution in [0.5, 0.6) is 0 Å². The van der Waals surface area contributed by atoms with E-state index in [0.29, 0.717) is 48.8 Å². The third kappa shape index (κ3) is 5.18. The highest BCUT2D eigenvalue weighted by Gasteiger charge is 2.42. The van der Waals surface area contributed by atoms with Crippen molar-refractivity contribution in [1.82, 2.24) is 20.5 Å². The van der Waals surface area contributed by atoms with Crippen LogP contribution >= 0.6 is 11.3 Å². The Morgan fingerprint density at radius 2 is 1.97 bits per heavy atom. The fraction of sp³-hybridized carbons (Fsp3) is 0.500. The topological polar surface area (TPSA) is 121 Å². The summed E-state index contributed by atoms with van der Waals surface area (Å²) >= 11 is 1.25. The maximum absolute atomic E-state index is 13.1. The molecule has 0 spiro atoms. The van der Waals surface area contributed by atoms with E-state index in [2.05, 4.69) is 15.6 Å². The second kappa shape index (κ2) is 9.51. The number of aliphatic hydroxyl groups is 1. The number of nitrogens with zero attached hydrogens (tertiary/aromatic N) is 2. The minimum Gasteiger partial charge on any atom is -0.384 e. The van der Waals surface area contributed by atoms with Gasteiger partial charge in [0, 0.05) is 30.9 Å². The lowest BCUT2D eigenvalue weighted by atomic mass is 9.80. The van der Waals surface area contributed by atoms with E-state index in [0.717, 1.165) is 18.2 Å². The van der Waals surface area contributed by atoms with Crippen LogP contribution < -0.4 is 16.4 Å². The summed E-state index contributed by atoms with van der Waals surface area (Å²) in [6.45, 7) is 0.927. The maximum Gasteiger partial charge on any atom is 0.416 e. The molecule has 1 saturated carbocycles. The van der Waals surface area contributed by atoms with Gasteiger partial charge in [-0.1, -0.05) is 17.4 Å². The van der Waals surface area contributed by atoms with Gasteiger partial charge in [0.2, 0.25) is 5.91 Å². The highest BCUT2D eigenvalue weighted by molar-refractivity contribution is 7.15. The molecular weight excluding hydrogens is 471 g/mol. The van der Waals surface area contributed by atoms with E-state index in [9.17, 15) is 27.9 Å². The molecule has 0 radical (unpaired) electrons. The van der Waals surface area contributed by atoms with Crippen molar-refractivity contribution in [3.8, 4) is 0 Å². The van der Waals surface area contributed by atoms with Gasteiger partial charge in [-0.3, -0.25) is 9.59 Å². The fourth-order valence-corrected chi connectivity index (χ4v) is 5.30. The van der Waals surface area contributed by atoms with Crippen molar-refractivity contribution in [2.45, 2.75) is 49.5 Å². The Balaban J connectivity index is 1.39. The Kier molecular flexibility index (Phi) is 6.83. The van der Waals surface area contributed by atoms with E-state index >= 15 is 0 Å². The number of aromatic nitrogens is 1. The summed E-state index contributed by atoms with van der Waals surface area (Å²) in [5.74, 6) is -1.05. The zero-order valence-electron chi connectivity index (χ0n) is 18.3. The van der Waals surface area contributed by atoms with Gasteiger partial charge >= 0.3 is 6.18 Å². The monoisotopic (exact) mass is 497 g/mol. The zero-order valence-corrected chi connectivity index (χ0v) is 19.1. The van der Waals surface area contributed by atoms with Crippen molar-refractivity contribution in [3.63, 3.8) is 0 Å². The lowest BCUT2D eigenvalue weighted by molar-refractivity contribution is -0.139. The minimum absolute atomic E-state index is 0.0341. The van der Waals surface area contributed by atoms with Crippen LogP contribution in [0, 0.1) is 0 Å². The number of alkyl halides is 3. The molecular formula is C22H26F3N5O3S. The van der Waals surface area contributed by atoms with Crippen molar-refractivity contribution in [2.24, 2.45) is 0 Å². The number of halogens is 3. The van der Waals surface area contributed by atoms with Gasteiger partial charge < -0.3 is 26.4 Å². The predicted octanol–water partition coefficient (Wildman–Crippen LogP) is 2.10. The predicted molar refractivity (Wildman–Crippen MR) is 120 cm³/mol. The molecule has 0 bridgehead atoms. The highest BCUT2D eigenvalue weighted by Crippen LogP contribution is 2.41. The van der Waals surface area contributed by atoms with Gasteiger partial charge in [0.1, 0.15) is 5.60 Å². The lowest BCUT2D eigenvalue weighted by Crippen LogP contribution is -2.63. The van der Waals surface area contributed by atoms with Gasteiger partial charge in [0.05, 0.1) is 23.0 Å². The summed E-state index contributed by atoms with van der Waals surface area (Å²) in [4.78, 5) is 32.0. The lowest BCUT2D eigenvalue weighted by Gasteiger charge is -2.46. The number of carbonyl (C=O) groups is 2. The molecule has 2 aliphatic rings. The van der Waals surface area contributed by atoms with Crippen molar-refractivity contribution in [3.05, 3.63) is 46.5 Å².